The molecule has 2 aliphatic rings. The number of aliphatic imine (C=N–C) groups is 1. The van der Waals surface area contributed by atoms with E-state index in [0.717, 1.165) is 64.2 Å². The van der Waals surface area contributed by atoms with Crippen LogP contribution in [-0.2, 0) is 11.3 Å². The van der Waals surface area contributed by atoms with E-state index in [9.17, 15) is 4.79 Å². The highest BCUT2D eigenvalue weighted by atomic mass is 16.1. The summed E-state index contributed by atoms with van der Waals surface area (Å²) in [5.74, 6) is 1.37. The fourth-order valence-corrected chi connectivity index (χ4v) is 4.11. The van der Waals surface area contributed by atoms with Crippen LogP contribution in [0.2, 0.25) is 0 Å². The number of rotatable bonds is 8. The number of nitrogens with zero attached hydrogens (tertiary/aromatic N) is 2. The average molecular weight is 400 g/mol. The molecule has 1 amide bonds. The van der Waals surface area contributed by atoms with E-state index in [1.807, 2.05) is 7.05 Å². The molecule has 0 spiro atoms. The van der Waals surface area contributed by atoms with Crippen LogP contribution >= 0.6 is 0 Å². The lowest BCUT2D eigenvalue weighted by Gasteiger charge is -2.38. The molecule has 0 bridgehead atoms. The zero-order valence-corrected chi connectivity index (χ0v) is 18.0. The fraction of sp³-hybridized carbons (Fsp3) is 0.652. The first kappa shape index (κ1) is 21.6. The Hall–Kier alpha value is -2.08. The van der Waals surface area contributed by atoms with E-state index in [0.29, 0.717) is 12.1 Å². The summed E-state index contributed by atoms with van der Waals surface area (Å²) in [7, 11) is 1.82. The number of hydrogen-bond donors (Lipinski definition) is 3. The highest BCUT2D eigenvalue weighted by Gasteiger charge is 2.26. The van der Waals surface area contributed by atoms with Gasteiger partial charge in [-0.3, -0.25) is 14.7 Å². The molecule has 1 aliphatic carbocycles. The van der Waals surface area contributed by atoms with Crippen molar-refractivity contribution in [1.82, 2.24) is 20.9 Å². The van der Waals surface area contributed by atoms with Crippen molar-refractivity contribution in [2.75, 3.05) is 26.7 Å². The largest absolute Gasteiger partial charge is 0.356 e. The maximum Gasteiger partial charge on any atom is 0.223 e. The summed E-state index contributed by atoms with van der Waals surface area (Å²) >= 11 is 0. The Morgan fingerprint density at radius 3 is 2.55 bits per heavy atom. The summed E-state index contributed by atoms with van der Waals surface area (Å²) < 4.78 is 0. The molecular formula is C23H37N5O. The molecule has 0 aromatic heterocycles. The van der Waals surface area contributed by atoms with E-state index in [2.05, 4.69) is 63.1 Å². The van der Waals surface area contributed by atoms with Gasteiger partial charge in [-0.2, -0.15) is 0 Å². The molecule has 3 rings (SSSR count). The van der Waals surface area contributed by atoms with Crippen molar-refractivity contribution in [3.63, 3.8) is 0 Å². The van der Waals surface area contributed by atoms with Crippen LogP contribution in [0.5, 0.6) is 0 Å². The number of hydrogen-bond acceptors (Lipinski definition) is 3. The van der Waals surface area contributed by atoms with Crippen LogP contribution in [0.3, 0.4) is 0 Å². The lowest BCUT2D eigenvalue weighted by molar-refractivity contribution is -0.127. The summed E-state index contributed by atoms with van der Waals surface area (Å²) in [6, 6.07) is 11.7. The van der Waals surface area contributed by atoms with Crippen LogP contribution in [0.4, 0.5) is 0 Å². The Kier molecular flexibility index (Phi) is 8.35. The predicted octanol–water partition coefficient (Wildman–Crippen LogP) is 2.51. The van der Waals surface area contributed by atoms with Crippen LogP contribution in [0.1, 0.15) is 51.0 Å². The molecule has 1 saturated carbocycles. The zero-order valence-electron chi connectivity index (χ0n) is 18.0. The van der Waals surface area contributed by atoms with E-state index in [4.69, 9.17) is 0 Å². The summed E-state index contributed by atoms with van der Waals surface area (Å²) in [6.45, 7) is 5.98. The van der Waals surface area contributed by atoms with Crippen LogP contribution < -0.4 is 16.0 Å². The van der Waals surface area contributed by atoms with E-state index >= 15 is 0 Å². The lowest BCUT2D eigenvalue weighted by atomic mass is 9.85. The minimum atomic E-state index is 0.231. The van der Waals surface area contributed by atoms with Crippen LogP contribution in [0, 0.1) is 5.92 Å². The minimum Gasteiger partial charge on any atom is -0.356 e. The molecular weight excluding hydrogens is 362 g/mol. The number of nitrogens with one attached hydrogen (secondary N) is 3. The Bertz CT molecular complexity index is 658. The van der Waals surface area contributed by atoms with Crippen molar-refractivity contribution in [2.45, 2.75) is 64.1 Å². The van der Waals surface area contributed by atoms with Crippen molar-refractivity contribution < 1.29 is 4.79 Å². The molecule has 1 saturated heterocycles. The van der Waals surface area contributed by atoms with Crippen LogP contribution in [0.25, 0.3) is 0 Å². The first-order valence-electron chi connectivity index (χ1n) is 11.2. The molecule has 29 heavy (non-hydrogen) atoms. The van der Waals surface area contributed by atoms with Gasteiger partial charge in [0.15, 0.2) is 5.96 Å². The molecule has 2 fully saturated rings. The van der Waals surface area contributed by atoms with E-state index in [1.165, 1.54) is 12.0 Å². The van der Waals surface area contributed by atoms with Crippen molar-refractivity contribution in [3.05, 3.63) is 35.9 Å². The van der Waals surface area contributed by atoms with Gasteiger partial charge in [-0.25, -0.2) is 0 Å². The second-order valence-electron chi connectivity index (χ2n) is 8.44. The third-order valence-electron chi connectivity index (χ3n) is 6.23. The molecule has 3 N–H and O–H groups in total. The van der Waals surface area contributed by atoms with E-state index in [1.54, 1.807) is 0 Å². The zero-order chi connectivity index (χ0) is 20.5. The average Bonchev–Trinajstić information content (AvgIpc) is 2.68. The fourth-order valence-electron chi connectivity index (χ4n) is 4.11. The first-order valence-corrected chi connectivity index (χ1v) is 11.2. The van der Waals surface area contributed by atoms with E-state index in [-0.39, 0.29) is 11.8 Å². The second-order valence-corrected chi connectivity index (χ2v) is 8.44. The van der Waals surface area contributed by atoms with Gasteiger partial charge >= 0.3 is 0 Å². The Labute approximate surface area is 175 Å². The summed E-state index contributed by atoms with van der Waals surface area (Å²) in [4.78, 5) is 18.8. The Morgan fingerprint density at radius 1 is 1.14 bits per heavy atom. The molecule has 6 heteroatoms. The van der Waals surface area contributed by atoms with Crippen molar-refractivity contribution in [2.24, 2.45) is 10.9 Å². The van der Waals surface area contributed by atoms with Gasteiger partial charge < -0.3 is 16.0 Å². The number of likely N-dealkylation sites (tertiary alicyclic amines) is 1. The third-order valence-corrected chi connectivity index (χ3v) is 6.23. The standard InChI is InChI=1S/C23H37N5O/c1-18-16-21(12-15-28(18)17-19-8-4-3-5-9-19)27-23(24-2)26-14-7-13-25-22(29)20-10-6-11-20/h3-5,8-9,18,20-21H,6-7,10-17H2,1-2H3,(H,25,29)(H2,24,26,27). The molecule has 2 atom stereocenters. The quantitative estimate of drug-likeness (QED) is 0.357. The smallest absolute Gasteiger partial charge is 0.223 e. The Morgan fingerprint density at radius 2 is 1.90 bits per heavy atom. The van der Waals surface area contributed by atoms with Crippen molar-refractivity contribution in [1.29, 1.82) is 0 Å². The number of guanidine groups is 1. The van der Waals surface area contributed by atoms with Gasteiger partial charge in [-0.1, -0.05) is 36.8 Å². The molecule has 160 valence electrons. The Balaban J connectivity index is 1.32. The number of amides is 1. The van der Waals surface area contributed by atoms with Gasteiger partial charge in [0.1, 0.15) is 0 Å². The summed E-state index contributed by atoms with van der Waals surface area (Å²) in [5.41, 5.74) is 1.38. The van der Waals surface area contributed by atoms with Gasteiger partial charge in [0, 0.05) is 51.2 Å². The molecule has 2 unspecified atom stereocenters. The summed E-state index contributed by atoms with van der Waals surface area (Å²) in [6.07, 6.45) is 6.46. The molecule has 0 radical (unpaired) electrons. The predicted molar refractivity (Wildman–Crippen MR) is 119 cm³/mol. The molecule has 1 aromatic rings. The topological polar surface area (TPSA) is 68.8 Å². The number of benzene rings is 1. The van der Waals surface area contributed by atoms with Gasteiger partial charge in [-0.15, -0.1) is 0 Å². The molecule has 1 heterocycles. The lowest BCUT2D eigenvalue weighted by Crippen LogP contribution is -2.51. The van der Waals surface area contributed by atoms with Crippen molar-refractivity contribution >= 4 is 11.9 Å². The SMILES string of the molecule is CN=C(NCCCNC(=O)C1CCC1)NC1CCN(Cc2ccccc2)C(C)C1. The summed E-state index contributed by atoms with van der Waals surface area (Å²) in [5, 5.41) is 10.0. The highest BCUT2D eigenvalue weighted by Crippen LogP contribution is 2.26. The van der Waals surface area contributed by atoms with Crippen molar-refractivity contribution in [3.8, 4) is 0 Å². The number of piperidine rings is 1. The third kappa shape index (κ3) is 6.74. The maximum atomic E-state index is 11.8. The van der Waals surface area contributed by atoms with E-state index < -0.39 is 0 Å². The van der Waals surface area contributed by atoms with Gasteiger partial charge in [0.05, 0.1) is 0 Å². The first-order chi connectivity index (χ1) is 14.2. The molecule has 6 nitrogen and oxygen atoms in total. The maximum absolute atomic E-state index is 11.8. The van der Waals surface area contributed by atoms with Gasteiger partial charge in [0.25, 0.3) is 0 Å². The number of carbonyl (C=O) groups is 1. The van der Waals surface area contributed by atoms with Crippen LogP contribution in [-0.4, -0.2) is 55.5 Å². The molecule has 1 aliphatic heterocycles. The van der Waals surface area contributed by atoms with Gasteiger partial charge in [0.2, 0.25) is 5.91 Å². The highest BCUT2D eigenvalue weighted by molar-refractivity contribution is 5.80. The monoisotopic (exact) mass is 399 g/mol. The van der Waals surface area contributed by atoms with Crippen LogP contribution in [0.15, 0.2) is 35.3 Å². The number of carbonyl (C=O) groups excluding carboxylic acids is 1. The second kappa shape index (κ2) is 11.2. The molecule has 1 aromatic carbocycles. The normalized spacial score (nSPS) is 23.3. The van der Waals surface area contributed by atoms with Gasteiger partial charge in [-0.05, 0) is 44.6 Å². The minimum absolute atomic E-state index is 0.231.